The van der Waals surface area contributed by atoms with Crippen molar-refractivity contribution >= 4 is 6.29 Å². The molecule has 0 aromatic heterocycles. The van der Waals surface area contributed by atoms with Crippen molar-refractivity contribution in [2.24, 2.45) is 11.3 Å². The van der Waals surface area contributed by atoms with Crippen molar-refractivity contribution in [2.75, 3.05) is 32.8 Å². The summed E-state index contributed by atoms with van der Waals surface area (Å²) in [6, 6.07) is 0. The molecule has 1 saturated heterocycles. The first kappa shape index (κ1) is 13.0. The summed E-state index contributed by atoms with van der Waals surface area (Å²) in [5, 5.41) is 0. The Bertz CT molecular complexity index is 249. The lowest BCUT2D eigenvalue weighted by atomic mass is 9.70. The Hall–Kier alpha value is -0.410. The first-order chi connectivity index (χ1) is 8.24. The fourth-order valence-electron chi connectivity index (χ4n) is 3.39. The standard InChI is InChI=1S/C14H25NO2/c1-13-4-2-5-14(10-13,12-16)11-15-6-3-8-17-9-7-15/h12-13H,2-11H2,1H3. The minimum Gasteiger partial charge on any atom is -0.380 e. The van der Waals surface area contributed by atoms with Crippen LogP contribution in [0.2, 0.25) is 0 Å². The van der Waals surface area contributed by atoms with Gasteiger partial charge in [0, 0.05) is 31.7 Å². The molecule has 3 nitrogen and oxygen atoms in total. The van der Waals surface area contributed by atoms with Crippen LogP contribution in [0.3, 0.4) is 0 Å². The largest absolute Gasteiger partial charge is 0.380 e. The quantitative estimate of drug-likeness (QED) is 0.706. The Balaban J connectivity index is 1.95. The van der Waals surface area contributed by atoms with Crippen molar-refractivity contribution < 1.29 is 9.53 Å². The summed E-state index contributed by atoms with van der Waals surface area (Å²) in [6.45, 7) is 7.01. The van der Waals surface area contributed by atoms with Crippen LogP contribution in [0, 0.1) is 11.3 Å². The van der Waals surface area contributed by atoms with Gasteiger partial charge in [0.1, 0.15) is 6.29 Å². The zero-order chi connectivity index (χ0) is 12.1. The molecule has 0 bridgehead atoms. The maximum Gasteiger partial charge on any atom is 0.127 e. The van der Waals surface area contributed by atoms with Crippen molar-refractivity contribution in [1.29, 1.82) is 0 Å². The summed E-state index contributed by atoms with van der Waals surface area (Å²) in [6.07, 6.45) is 7.01. The van der Waals surface area contributed by atoms with Gasteiger partial charge in [0.15, 0.2) is 0 Å². The molecule has 98 valence electrons. The van der Waals surface area contributed by atoms with Gasteiger partial charge in [0.2, 0.25) is 0 Å². The van der Waals surface area contributed by atoms with E-state index >= 15 is 0 Å². The summed E-state index contributed by atoms with van der Waals surface area (Å²) in [4.78, 5) is 14.0. The molecule has 17 heavy (non-hydrogen) atoms. The van der Waals surface area contributed by atoms with Gasteiger partial charge < -0.3 is 9.53 Å². The number of carbonyl (C=O) groups excluding carboxylic acids is 1. The highest BCUT2D eigenvalue weighted by atomic mass is 16.5. The highest BCUT2D eigenvalue weighted by molar-refractivity contribution is 5.60. The summed E-state index contributed by atoms with van der Waals surface area (Å²) in [5.41, 5.74) is -0.0675. The molecule has 1 heterocycles. The number of aldehydes is 1. The second-order valence-corrected chi connectivity index (χ2v) is 5.92. The smallest absolute Gasteiger partial charge is 0.127 e. The van der Waals surface area contributed by atoms with E-state index in [-0.39, 0.29) is 5.41 Å². The number of hydrogen-bond acceptors (Lipinski definition) is 3. The Kier molecular flexibility index (Phi) is 4.57. The highest BCUT2D eigenvalue weighted by Crippen LogP contribution is 2.38. The fraction of sp³-hybridized carbons (Fsp3) is 0.929. The Labute approximate surface area is 105 Å². The number of ether oxygens (including phenoxy) is 1. The third kappa shape index (κ3) is 3.52. The Morgan fingerprint density at radius 2 is 2.24 bits per heavy atom. The molecular formula is C14H25NO2. The molecule has 2 fully saturated rings. The van der Waals surface area contributed by atoms with Crippen LogP contribution < -0.4 is 0 Å². The van der Waals surface area contributed by atoms with E-state index in [9.17, 15) is 4.79 Å². The number of hydrogen-bond donors (Lipinski definition) is 0. The summed E-state index contributed by atoms with van der Waals surface area (Å²) in [5.74, 6) is 0.706. The average molecular weight is 239 g/mol. The molecular weight excluding hydrogens is 214 g/mol. The molecule has 2 unspecified atom stereocenters. The van der Waals surface area contributed by atoms with Crippen molar-refractivity contribution in [1.82, 2.24) is 4.90 Å². The van der Waals surface area contributed by atoms with Crippen LogP contribution in [0.1, 0.15) is 39.0 Å². The van der Waals surface area contributed by atoms with Crippen molar-refractivity contribution in [3.05, 3.63) is 0 Å². The molecule has 2 atom stereocenters. The van der Waals surface area contributed by atoms with E-state index in [4.69, 9.17) is 4.74 Å². The molecule has 2 rings (SSSR count). The first-order valence-corrected chi connectivity index (χ1v) is 7.00. The van der Waals surface area contributed by atoms with E-state index in [1.165, 1.54) is 19.1 Å². The monoisotopic (exact) mass is 239 g/mol. The minimum absolute atomic E-state index is 0.0675. The van der Waals surface area contributed by atoms with Crippen LogP contribution in [-0.4, -0.2) is 44.0 Å². The molecule has 0 radical (unpaired) electrons. The van der Waals surface area contributed by atoms with E-state index in [1.54, 1.807) is 0 Å². The van der Waals surface area contributed by atoms with Gasteiger partial charge in [-0.1, -0.05) is 19.8 Å². The van der Waals surface area contributed by atoms with Crippen molar-refractivity contribution in [3.8, 4) is 0 Å². The molecule has 0 amide bonds. The van der Waals surface area contributed by atoms with Gasteiger partial charge in [0.25, 0.3) is 0 Å². The van der Waals surface area contributed by atoms with Crippen LogP contribution in [0.25, 0.3) is 0 Å². The molecule has 0 spiro atoms. The first-order valence-electron chi connectivity index (χ1n) is 7.00. The lowest BCUT2D eigenvalue weighted by Gasteiger charge is -2.39. The molecule has 0 aromatic rings. The lowest BCUT2D eigenvalue weighted by Crippen LogP contribution is -2.42. The zero-order valence-corrected chi connectivity index (χ0v) is 11.0. The van der Waals surface area contributed by atoms with Gasteiger partial charge in [-0.15, -0.1) is 0 Å². The van der Waals surface area contributed by atoms with E-state index < -0.39 is 0 Å². The predicted octanol–water partition coefficient (Wildman–Crippen LogP) is 2.10. The maximum atomic E-state index is 11.5. The molecule has 2 aliphatic rings. The van der Waals surface area contributed by atoms with Crippen LogP contribution in [0.15, 0.2) is 0 Å². The Morgan fingerprint density at radius 3 is 3.00 bits per heavy atom. The average Bonchev–Trinajstić information content (AvgIpc) is 2.57. The summed E-state index contributed by atoms with van der Waals surface area (Å²) >= 11 is 0. The molecule has 1 saturated carbocycles. The molecule has 3 heteroatoms. The van der Waals surface area contributed by atoms with Gasteiger partial charge in [-0.2, -0.15) is 0 Å². The van der Waals surface area contributed by atoms with E-state index in [0.29, 0.717) is 5.92 Å². The molecule has 1 aliphatic heterocycles. The number of nitrogens with zero attached hydrogens (tertiary/aromatic N) is 1. The van der Waals surface area contributed by atoms with E-state index in [0.717, 1.165) is 52.1 Å². The van der Waals surface area contributed by atoms with Crippen LogP contribution in [-0.2, 0) is 9.53 Å². The summed E-state index contributed by atoms with van der Waals surface area (Å²) in [7, 11) is 0. The summed E-state index contributed by atoms with van der Waals surface area (Å²) < 4.78 is 5.47. The van der Waals surface area contributed by atoms with Crippen LogP contribution in [0.4, 0.5) is 0 Å². The normalized spacial score (nSPS) is 36.4. The van der Waals surface area contributed by atoms with Gasteiger partial charge in [0.05, 0.1) is 6.61 Å². The third-order valence-corrected chi connectivity index (χ3v) is 4.23. The zero-order valence-electron chi connectivity index (χ0n) is 11.0. The van der Waals surface area contributed by atoms with Gasteiger partial charge in [-0.3, -0.25) is 4.90 Å². The molecule has 0 N–H and O–H groups in total. The van der Waals surface area contributed by atoms with E-state index in [1.807, 2.05) is 0 Å². The second-order valence-electron chi connectivity index (χ2n) is 5.92. The highest BCUT2D eigenvalue weighted by Gasteiger charge is 2.36. The topological polar surface area (TPSA) is 29.5 Å². The second kappa shape index (κ2) is 5.96. The van der Waals surface area contributed by atoms with Crippen LogP contribution >= 0.6 is 0 Å². The van der Waals surface area contributed by atoms with E-state index in [2.05, 4.69) is 11.8 Å². The van der Waals surface area contributed by atoms with Gasteiger partial charge >= 0.3 is 0 Å². The number of rotatable bonds is 3. The molecule has 1 aliphatic carbocycles. The lowest BCUT2D eigenvalue weighted by molar-refractivity contribution is -0.120. The maximum absolute atomic E-state index is 11.5. The third-order valence-electron chi connectivity index (χ3n) is 4.23. The fourth-order valence-corrected chi connectivity index (χ4v) is 3.39. The predicted molar refractivity (Wildman–Crippen MR) is 68.0 cm³/mol. The Morgan fingerprint density at radius 1 is 1.35 bits per heavy atom. The minimum atomic E-state index is -0.0675. The van der Waals surface area contributed by atoms with Gasteiger partial charge in [-0.25, -0.2) is 0 Å². The van der Waals surface area contributed by atoms with Crippen molar-refractivity contribution in [2.45, 2.75) is 39.0 Å². The van der Waals surface area contributed by atoms with Gasteiger partial charge in [-0.05, 0) is 25.2 Å². The number of carbonyl (C=O) groups is 1. The SMILES string of the molecule is CC1CCCC(C=O)(CN2CCCOCC2)C1. The van der Waals surface area contributed by atoms with Crippen molar-refractivity contribution in [3.63, 3.8) is 0 Å². The van der Waals surface area contributed by atoms with Crippen LogP contribution in [0.5, 0.6) is 0 Å². The molecule has 0 aromatic carbocycles.